The number of allylic oxidation sites excluding steroid dienone is 1. The van der Waals surface area contributed by atoms with Crippen LogP contribution in [0.3, 0.4) is 0 Å². The molecular weight excluding hydrogens is 163 g/mol. The van der Waals surface area contributed by atoms with Crippen molar-refractivity contribution >= 4 is 7.12 Å². The summed E-state index contributed by atoms with van der Waals surface area (Å²) < 4.78 is 5.49. The molecule has 1 atom stereocenters. The van der Waals surface area contributed by atoms with Crippen molar-refractivity contribution in [3.8, 4) is 0 Å². The maximum absolute atomic E-state index is 9.34. The third kappa shape index (κ3) is 2.35. The van der Waals surface area contributed by atoms with Crippen LogP contribution in [0.4, 0.5) is 0 Å². The minimum absolute atomic E-state index is 0.184. The molecule has 1 unspecified atom stereocenters. The van der Waals surface area contributed by atoms with E-state index in [4.69, 9.17) is 4.65 Å². The summed E-state index contributed by atoms with van der Waals surface area (Å²) in [5, 5.41) is 9.34. The van der Waals surface area contributed by atoms with Crippen LogP contribution in [0.1, 0.15) is 32.1 Å². The van der Waals surface area contributed by atoms with Crippen LogP contribution in [-0.4, -0.2) is 18.2 Å². The van der Waals surface area contributed by atoms with Gasteiger partial charge in [0.2, 0.25) is 0 Å². The maximum Gasteiger partial charge on any atom is 0.458 e. The molecule has 13 heavy (non-hydrogen) atoms. The van der Waals surface area contributed by atoms with E-state index < -0.39 is 7.12 Å². The first-order valence-electron chi connectivity index (χ1n) is 5.36. The summed E-state index contributed by atoms with van der Waals surface area (Å²) in [5.74, 6) is 0.653. The molecule has 0 aromatic carbocycles. The SMILES string of the molecule is OB1CC=CC(C2CCCCC2)O1. The molecule has 0 saturated heterocycles. The Bertz CT molecular complexity index is 187. The highest BCUT2D eigenvalue weighted by atomic mass is 16.5. The average molecular weight is 180 g/mol. The zero-order chi connectivity index (χ0) is 9.10. The van der Waals surface area contributed by atoms with Crippen molar-refractivity contribution in [2.75, 3.05) is 0 Å². The second kappa shape index (κ2) is 4.29. The summed E-state index contributed by atoms with van der Waals surface area (Å²) in [6.07, 6.45) is 11.6. The first-order chi connectivity index (χ1) is 6.36. The van der Waals surface area contributed by atoms with Crippen molar-refractivity contribution in [2.24, 2.45) is 5.92 Å². The highest BCUT2D eigenvalue weighted by Crippen LogP contribution is 2.30. The van der Waals surface area contributed by atoms with Crippen LogP contribution in [0.2, 0.25) is 6.32 Å². The smallest absolute Gasteiger partial charge is 0.427 e. The molecule has 2 aliphatic rings. The Morgan fingerprint density at radius 1 is 1.23 bits per heavy atom. The summed E-state index contributed by atoms with van der Waals surface area (Å²) in [4.78, 5) is 0. The number of rotatable bonds is 1. The molecule has 1 aliphatic heterocycles. The van der Waals surface area contributed by atoms with E-state index in [1.807, 2.05) is 6.08 Å². The highest BCUT2D eigenvalue weighted by Gasteiger charge is 2.28. The third-order valence-corrected chi connectivity index (χ3v) is 3.09. The van der Waals surface area contributed by atoms with Crippen molar-refractivity contribution in [2.45, 2.75) is 44.5 Å². The summed E-state index contributed by atoms with van der Waals surface area (Å²) >= 11 is 0. The molecule has 0 aromatic heterocycles. The van der Waals surface area contributed by atoms with E-state index >= 15 is 0 Å². The lowest BCUT2D eigenvalue weighted by molar-refractivity contribution is 0.119. The molecule has 0 amide bonds. The van der Waals surface area contributed by atoms with E-state index in [0.29, 0.717) is 12.2 Å². The van der Waals surface area contributed by atoms with E-state index in [-0.39, 0.29) is 6.10 Å². The molecule has 1 aliphatic carbocycles. The fourth-order valence-electron chi connectivity index (χ4n) is 2.34. The van der Waals surface area contributed by atoms with Gasteiger partial charge in [-0.05, 0) is 18.8 Å². The second-order valence-electron chi connectivity index (χ2n) is 4.12. The van der Waals surface area contributed by atoms with Gasteiger partial charge in [0, 0.05) is 6.32 Å². The minimum Gasteiger partial charge on any atom is -0.427 e. The number of hydrogen-bond donors (Lipinski definition) is 1. The molecule has 2 nitrogen and oxygen atoms in total. The summed E-state index contributed by atoms with van der Waals surface area (Å²) in [6, 6.07) is 0. The Balaban J connectivity index is 1.91. The first-order valence-corrected chi connectivity index (χ1v) is 5.36. The van der Waals surface area contributed by atoms with Crippen LogP contribution in [0.5, 0.6) is 0 Å². The van der Waals surface area contributed by atoms with Gasteiger partial charge in [0.25, 0.3) is 0 Å². The van der Waals surface area contributed by atoms with E-state index in [1.54, 1.807) is 0 Å². The van der Waals surface area contributed by atoms with E-state index in [9.17, 15) is 5.02 Å². The fraction of sp³-hybridized carbons (Fsp3) is 0.800. The van der Waals surface area contributed by atoms with Crippen molar-refractivity contribution in [1.82, 2.24) is 0 Å². The summed E-state index contributed by atoms with van der Waals surface area (Å²) in [5.41, 5.74) is 0. The van der Waals surface area contributed by atoms with Crippen LogP contribution in [-0.2, 0) is 4.65 Å². The molecule has 0 spiro atoms. The zero-order valence-corrected chi connectivity index (χ0v) is 7.98. The lowest BCUT2D eigenvalue weighted by Gasteiger charge is -2.31. The monoisotopic (exact) mass is 180 g/mol. The predicted octanol–water partition coefficient (Wildman–Crippen LogP) is 2.00. The van der Waals surface area contributed by atoms with Gasteiger partial charge < -0.3 is 9.68 Å². The standard InChI is InChI=1S/C10H17BO2/c12-11-8-4-7-10(13-11)9-5-2-1-3-6-9/h4,7,9-10,12H,1-3,5-6,8H2. The van der Waals surface area contributed by atoms with Gasteiger partial charge in [0.05, 0.1) is 6.10 Å². The Morgan fingerprint density at radius 3 is 2.69 bits per heavy atom. The Hall–Kier alpha value is -0.275. The fourth-order valence-corrected chi connectivity index (χ4v) is 2.34. The molecule has 0 bridgehead atoms. The molecule has 0 aromatic rings. The molecular formula is C10H17BO2. The van der Waals surface area contributed by atoms with Gasteiger partial charge in [-0.15, -0.1) is 0 Å². The van der Waals surface area contributed by atoms with E-state index in [2.05, 4.69) is 6.08 Å². The van der Waals surface area contributed by atoms with Gasteiger partial charge >= 0.3 is 7.12 Å². The normalized spacial score (nSPS) is 30.8. The lowest BCUT2D eigenvalue weighted by Crippen LogP contribution is -2.33. The van der Waals surface area contributed by atoms with Crippen LogP contribution < -0.4 is 0 Å². The molecule has 1 fully saturated rings. The first kappa shape index (κ1) is 9.29. The third-order valence-electron chi connectivity index (χ3n) is 3.09. The minimum atomic E-state index is -0.558. The predicted molar refractivity (Wildman–Crippen MR) is 53.4 cm³/mol. The Morgan fingerprint density at radius 2 is 2.00 bits per heavy atom. The van der Waals surface area contributed by atoms with Crippen molar-refractivity contribution < 1.29 is 9.68 Å². The van der Waals surface area contributed by atoms with Gasteiger partial charge in [-0.2, -0.15) is 0 Å². The molecule has 72 valence electrons. The van der Waals surface area contributed by atoms with Gasteiger partial charge in [-0.25, -0.2) is 0 Å². The molecule has 1 saturated carbocycles. The Labute approximate surface area is 80.1 Å². The zero-order valence-electron chi connectivity index (χ0n) is 7.98. The molecule has 1 N–H and O–H groups in total. The average Bonchev–Trinajstić information content (AvgIpc) is 2.19. The van der Waals surface area contributed by atoms with Gasteiger partial charge in [-0.3, -0.25) is 0 Å². The quantitative estimate of drug-likeness (QED) is 0.494. The van der Waals surface area contributed by atoms with E-state index in [1.165, 1.54) is 32.1 Å². The van der Waals surface area contributed by atoms with Crippen molar-refractivity contribution in [3.05, 3.63) is 12.2 Å². The van der Waals surface area contributed by atoms with Gasteiger partial charge in [0.15, 0.2) is 0 Å². The second-order valence-corrected chi connectivity index (χ2v) is 4.12. The molecule has 0 radical (unpaired) electrons. The van der Waals surface area contributed by atoms with Gasteiger partial charge in [-0.1, -0.05) is 31.4 Å². The Kier molecular flexibility index (Phi) is 3.07. The summed E-state index contributed by atoms with van der Waals surface area (Å²) in [7, 11) is -0.558. The van der Waals surface area contributed by atoms with Gasteiger partial charge in [0.1, 0.15) is 0 Å². The topological polar surface area (TPSA) is 29.5 Å². The summed E-state index contributed by atoms with van der Waals surface area (Å²) in [6.45, 7) is 0. The van der Waals surface area contributed by atoms with Crippen LogP contribution in [0.15, 0.2) is 12.2 Å². The highest BCUT2D eigenvalue weighted by molar-refractivity contribution is 6.43. The molecule has 2 rings (SSSR count). The van der Waals surface area contributed by atoms with Crippen LogP contribution >= 0.6 is 0 Å². The largest absolute Gasteiger partial charge is 0.458 e. The van der Waals surface area contributed by atoms with E-state index in [0.717, 1.165) is 0 Å². The van der Waals surface area contributed by atoms with Crippen LogP contribution in [0.25, 0.3) is 0 Å². The molecule has 1 heterocycles. The van der Waals surface area contributed by atoms with Crippen LogP contribution in [0, 0.1) is 5.92 Å². The maximum atomic E-state index is 9.34. The molecule has 3 heteroatoms. The van der Waals surface area contributed by atoms with Crippen molar-refractivity contribution in [3.63, 3.8) is 0 Å². The van der Waals surface area contributed by atoms with Crippen molar-refractivity contribution in [1.29, 1.82) is 0 Å². The lowest BCUT2D eigenvalue weighted by atomic mass is 9.78. The number of hydrogen-bond acceptors (Lipinski definition) is 2.